The predicted octanol–water partition coefficient (Wildman–Crippen LogP) is 5.29. The van der Waals surface area contributed by atoms with Crippen LogP contribution in [0.25, 0.3) is 0 Å². The van der Waals surface area contributed by atoms with Gasteiger partial charge < -0.3 is 15.3 Å². The number of amides is 1. The molecule has 2 aromatic rings. The highest BCUT2D eigenvalue weighted by Crippen LogP contribution is 2.44. The van der Waals surface area contributed by atoms with Crippen molar-refractivity contribution in [3.05, 3.63) is 50.9 Å². The van der Waals surface area contributed by atoms with Gasteiger partial charge in [-0.05, 0) is 68.1 Å². The van der Waals surface area contributed by atoms with Crippen molar-refractivity contribution in [2.24, 2.45) is 5.41 Å². The third-order valence-corrected chi connectivity index (χ3v) is 6.59. The minimum absolute atomic E-state index is 0.0359. The van der Waals surface area contributed by atoms with Crippen molar-refractivity contribution in [1.29, 1.82) is 0 Å². The maximum atomic E-state index is 13.1. The van der Waals surface area contributed by atoms with Crippen molar-refractivity contribution in [2.75, 3.05) is 19.4 Å². The molecule has 1 heterocycles. The van der Waals surface area contributed by atoms with Crippen LogP contribution >= 0.6 is 11.3 Å². The topological polar surface area (TPSA) is 69.6 Å². The number of benzene rings is 1. The largest absolute Gasteiger partial charge is 0.478 e. The van der Waals surface area contributed by atoms with Gasteiger partial charge in [0.1, 0.15) is 5.00 Å². The fourth-order valence-electron chi connectivity index (χ4n) is 3.87. The van der Waals surface area contributed by atoms with Gasteiger partial charge in [0.25, 0.3) is 5.91 Å². The van der Waals surface area contributed by atoms with Gasteiger partial charge in [-0.3, -0.25) is 4.79 Å². The third kappa shape index (κ3) is 5.10. The van der Waals surface area contributed by atoms with Crippen molar-refractivity contribution in [3.8, 4) is 0 Å². The molecule has 9 heteroatoms. The number of carboxylic acid groups (broad SMARTS) is 1. The van der Waals surface area contributed by atoms with Crippen molar-refractivity contribution >= 4 is 28.2 Å². The summed E-state index contributed by atoms with van der Waals surface area (Å²) in [5.74, 6) is -1.74. The molecule has 0 fully saturated rings. The number of thiophene rings is 1. The zero-order chi connectivity index (χ0) is 23.1. The van der Waals surface area contributed by atoms with E-state index in [1.807, 2.05) is 0 Å². The number of anilines is 1. The molecular formula is C22H25F3N2O3S. The summed E-state index contributed by atoms with van der Waals surface area (Å²) in [6.07, 6.45) is -2.27. The summed E-state index contributed by atoms with van der Waals surface area (Å²) in [6, 6.07) is 2.98. The lowest BCUT2D eigenvalue weighted by atomic mass is 9.76. The number of carboxylic acids is 1. The normalized spacial score (nSPS) is 15.6. The first-order chi connectivity index (χ1) is 14.3. The molecule has 1 aromatic carbocycles. The standard InChI is InChI=1S/C22H25F3N2O3S/c1-21(2)8-7-16-15(10-21)17(20(29)30)19(31-16)26-18(28)14-6-5-13(22(23,24)25)9-12(14)11-27(3)4/h5-6,9H,7-8,10-11H2,1-4H3,(H,26,28)(H,29,30). The Bertz CT molecular complexity index is 1030. The van der Waals surface area contributed by atoms with Gasteiger partial charge in [0.05, 0.1) is 11.1 Å². The number of nitrogens with zero attached hydrogens (tertiary/aromatic N) is 1. The molecule has 0 atom stereocenters. The van der Waals surface area contributed by atoms with Crippen LogP contribution in [0.3, 0.4) is 0 Å². The zero-order valence-electron chi connectivity index (χ0n) is 17.8. The molecule has 0 unspecified atom stereocenters. The van der Waals surface area contributed by atoms with Gasteiger partial charge in [0.2, 0.25) is 0 Å². The summed E-state index contributed by atoms with van der Waals surface area (Å²) in [5, 5.41) is 12.7. The minimum atomic E-state index is -4.52. The number of carbonyl (C=O) groups is 2. The lowest BCUT2D eigenvalue weighted by Crippen LogP contribution is -2.23. The number of halogens is 3. The second kappa shape index (κ2) is 8.27. The molecule has 0 aliphatic heterocycles. The van der Waals surface area contributed by atoms with Gasteiger partial charge in [0.15, 0.2) is 0 Å². The van der Waals surface area contributed by atoms with Gasteiger partial charge >= 0.3 is 12.1 Å². The monoisotopic (exact) mass is 454 g/mol. The van der Waals surface area contributed by atoms with E-state index < -0.39 is 23.6 Å². The summed E-state index contributed by atoms with van der Waals surface area (Å²) >= 11 is 1.24. The lowest BCUT2D eigenvalue weighted by Gasteiger charge is -2.29. The van der Waals surface area contributed by atoms with Crippen LogP contribution in [0.15, 0.2) is 18.2 Å². The summed E-state index contributed by atoms with van der Waals surface area (Å²) in [4.78, 5) is 27.6. The highest BCUT2D eigenvalue weighted by atomic mass is 32.1. The third-order valence-electron chi connectivity index (χ3n) is 5.38. The number of alkyl halides is 3. The average molecular weight is 455 g/mol. The Labute approximate surface area is 182 Å². The van der Waals surface area contributed by atoms with Gasteiger partial charge in [-0.1, -0.05) is 13.8 Å². The summed E-state index contributed by atoms with van der Waals surface area (Å²) in [5.41, 5.74) is 0.265. The molecule has 1 amide bonds. The van der Waals surface area contributed by atoms with Gasteiger partial charge in [-0.2, -0.15) is 13.2 Å². The molecule has 0 radical (unpaired) electrons. The smallest absolute Gasteiger partial charge is 0.416 e. The van der Waals surface area contributed by atoms with Crippen LogP contribution < -0.4 is 5.32 Å². The van der Waals surface area contributed by atoms with E-state index in [9.17, 15) is 27.9 Å². The quantitative estimate of drug-likeness (QED) is 0.644. The number of fused-ring (bicyclic) bond motifs is 1. The maximum absolute atomic E-state index is 13.1. The fourth-order valence-corrected chi connectivity index (χ4v) is 5.07. The Balaban J connectivity index is 1.98. The zero-order valence-corrected chi connectivity index (χ0v) is 18.6. The van der Waals surface area contributed by atoms with E-state index in [2.05, 4.69) is 19.2 Å². The molecule has 1 aromatic heterocycles. The van der Waals surface area contributed by atoms with Gasteiger partial charge in [-0.25, -0.2) is 4.79 Å². The molecular weight excluding hydrogens is 429 g/mol. The number of hydrogen-bond acceptors (Lipinski definition) is 4. The number of aryl methyl sites for hydroxylation is 1. The van der Waals surface area contributed by atoms with Crippen molar-refractivity contribution in [1.82, 2.24) is 4.90 Å². The van der Waals surface area contributed by atoms with E-state index in [0.717, 1.165) is 41.5 Å². The molecule has 3 rings (SSSR count). The van der Waals surface area contributed by atoms with E-state index in [1.54, 1.807) is 19.0 Å². The second-order valence-corrected chi connectivity index (χ2v) is 10.0. The lowest BCUT2D eigenvalue weighted by molar-refractivity contribution is -0.137. The van der Waals surface area contributed by atoms with Crippen molar-refractivity contribution < 1.29 is 27.9 Å². The Morgan fingerprint density at radius 2 is 1.94 bits per heavy atom. The predicted molar refractivity (Wildman–Crippen MR) is 114 cm³/mol. The molecule has 31 heavy (non-hydrogen) atoms. The first-order valence-corrected chi connectivity index (χ1v) is 10.6. The van der Waals surface area contributed by atoms with E-state index in [4.69, 9.17) is 0 Å². The van der Waals surface area contributed by atoms with Gasteiger partial charge in [-0.15, -0.1) is 11.3 Å². The summed E-state index contributed by atoms with van der Waals surface area (Å²) in [6.45, 7) is 4.29. The van der Waals surface area contributed by atoms with Crippen LogP contribution in [0.5, 0.6) is 0 Å². The molecule has 0 spiro atoms. The van der Waals surface area contributed by atoms with Crippen LogP contribution in [0.1, 0.15) is 62.6 Å². The molecule has 1 aliphatic carbocycles. The number of rotatable bonds is 5. The Hall–Kier alpha value is -2.39. The fraction of sp³-hybridized carbons (Fsp3) is 0.455. The molecule has 1 aliphatic rings. The number of aromatic carboxylic acids is 1. The van der Waals surface area contributed by atoms with E-state index >= 15 is 0 Å². The minimum Gasteiger partial charge on any atom is -0.478 e. The summed E-state index contributed by atoms with van der Waals surface area (Å²) in [7, 11) is 3.39. The second-order valence-electron chi connectivity index (χ2n) is 8.92. The maximum Gasteiger partial charge on any atom is 0.416 e. The van der Waals surface area contributed by atoms with E-state index in [-0.39, 0.29) is 33.7 Å². The SMILES string of the molecule is CN(C)Cc1cc(C(F)(F)F)ccc1C(=O)Nc1sc2c(c1C(=O)O)CC(C)(C)CC2. The Morgan fingerprint density at radius 1 is 1.26 bits per heavy atom. The van der Waals surface area contributed by atoms with E-state index in [0.29, 0.717) is 6.42 Å². The van der Waals surface area contributed by atoms with Crippen molar-refractivity contribution in [3.63, 3.8) is 0 Å². The molecule has 0 saturated carbocycles. The first-order valence-electron chi connectivity index (χ1n) is 9.82. The van der Waals surface area contributed by atoms with Crippen LogP contribution in [0, 0.1) is 5.41 Å². The number of hydrogen-bond donors (Lipinski definition) is 2. The number of carbonyl (C=O) groups excluding carboxylic acids is 1. The molecule has 2 N–H and O–H groups in total. The molecule has 168 valence electrons. The molecule has 5 nitrogen and oxygen atoms in total. The average Bonchev–Trinajstić information content (AvgIpc) is 2.96. The van der Waals surface area contributed by atoms with Crippen molar-refractivity contribution in [2.45, 2.75) is 45.8 Å². The summed E-state index contributed by atoms with van der Waals surface area (Å²) < 4.78 is 39.4. The van der Waals surface area contributed by atoms with Gasteiger partial charge in [0, 0.05) is 17.0 Å². The first kappa shape index (κ1) is 23.3. The molecule has 0 saturated heterocycles. The highest BCUT2D eigenvalue weighted by Gasteiger charge is 2.34. The van der Waals surface area contributed by atoms with Crippen LogP contribution in [-0.2, 0) is 25.6 Å². The Kier molecular flexibility index (Phi) is 6.21. The van der Waals surface area contributed by atoms with E-state index in [1.165, 1.54) is 11.3 Å². The van der Waals surface area contributed by atoms with Crippen LogP contribution in [0.4, 0.5) is 18.2 Å². The number of nitrogens with one attached hydrogen (secondary N) is 1. The highest BCUT2D eigenvalue weighted by molar-refractivity contribution is 7.17. The van der Waals surface area contributed by atoms with Crippen LogP contribution in [-0.4, -0.2) is 36.0 Å². The molecule has 0 bridgehead atoms. The van der Waals surface area contributed by atoms with Crippen LogP contribution in [0.2, 0.25) is 0 Å². The Morgan fingerprint density at radius 3 is 2.52 bits per heavy atom.